The Hall–Kier alpha value is -1.87. The Bertz CT molecular complexity index is 725. The summed E-state index contributed by atoms with van der Waals surface area (Å²) in [5.74, 6) is 0.143. The van der Waals surface area contributed by atoms with Crippen LogP contribution in [0.2, 0.25) is 0 Å². The molecule has 2 nitrogen and oxygen atoms in total. The van der Waals surface area contributed by atoms with Crippen LogP contribution in [0.1, 0.15) is 17.5 Å². The van der Waals surface area contributed by atoms with Crippen LogP contribution < -0.4 is 4.90 Å². The highest BCUT2D eigenvalue weighted by molar-refractivity contribution is 9.10. The van der Waals surface area contributed by atoms with Gasteiger partial charge in [0.1, 0.15) is 0 Å². The van der Waals surface area contributed by atoms with Crippen molar-refractivity contribution in [1.29, 1.82) is 0 Å². The van der Waals surface area contributed by atoms with E-state index in [1.807, 2.05) is 43.5 Å². The minimum absolute atomic E-state index is 0.143. The molecule has 1 aliphatic heterocycles. The molecule has 0 aliphatic carbocycles. The van der Waals surface area contributed by atoms with Gasteiger partial charge in [-0.1, -0.05) is 52.3 Å². The summed E-state index contributed by atoms with van der Waals surface area (Å²) in [6.45, 7) is 3.88. The molecule has 1 unspecified atom stereocenters. The molecular formula is C19H18BrNO. The van der Waals surface area contributed by atoms with Gasteiger partial charge in [0.25, 0.3) is 0 Å². The summed E-state index contributed by atoms with van der Waals surface area (Å²) in [6.07, 6.45) is 3.17. The first-order valence-electron chi connectivity index (χ1n) is 7.31. The van der Waals surface area contributed by atoms with E-state index in [4.69, 9.17) is 0 Å². The average Bonchev–Trinajstić information content (AvgIpc) is 2.71. The fraction of sp³-hybridized carbons (Fsp3) is 0.211. The van der Waals surface area contributed by atoms with Crippen molar-refractivity contribution in [3.63, 3.8) is 0 Å². The van der Waals surface area contributed by atoms with Crippen LogP contribution in [0.15, 0.2) is 65.7 Å². The maximum atomic E-state index is 13.1. The molecule has 0 bridgehead atoms. The number of fused-ring (bicyclic) bond motifs is 1. The molecular weight excluding hydrogens is 338 g/mol. The first-order chi connectivity index (χ1) is 10.6. The van der Waals surface area contributed by atoms with Crippen molar-refractivity contribution >= 4 is 27.5 Å². The predicted octanol–water partition coefficient (Wildman–Crippen LogP) is 4.48. The molecule has 0 N–H and O–H groups in total. The minimum Gasteiger partial charge on any atom is -0.314 e. The lowest BCUT2D eigenvalue weighted by Gasteiger charge is -2.27. The second-order valence-electron chi connectivity index (χ2n) is 5.76. The third-order valence-electron chi connectivity index (χ3n) is 4.39. The molecule has 3 rings (SSSR count). The number of hydrogen-bond acceptors (Lipinski definition) is 1. The van der Waals surface area contributed by atoms with E-state index < -0.39 is 5.41 Å². The smallest absolute Gasteiger partial charge is 0.238 e. The van der Waals surface area contributed by atoms with Crippen molar-refractivity contribution in [3.05, 3.63) is 76.8 Å². The summed E-state index contributed by atoms with van der Waals surface area (Å²) in [4.78, 5) is 14.8. The number of nitrogens with zero attached hydrogens (tertiary/aromatic N) is 1. The zero-order valence-corrected chi connectivity index (χ0v) is 14.1. The van der Waals surface area contributed by atoms with Crippen molar-refractivity contribution in [3.8, 4) is 0 Å². The Morgan fingerprint density at radius 3 is 2.64 bits per heavy atom. The summed E-state index contributed by atoms with van der Waals surface area (Å²) in [7, 11) is 1.85. The Labute approximate surface area is 139 Å². The van der Waals surface area contributed by atoms with Gasteiger partial charge >= 0.3 is 0 Å². The highest BCUT2D eigenvalue weighted by Crippen LogP contribution is 2.46. The fourth-order valence-electron chi connectivity index (χ4n) is 3.36. The van der Waals surface area contributed by atoms with Gasteiger partial charge in [0.05, 0.1) is 5.41 Å². The lowest BCUT2D eigenvalue weighted by Crippen LogP contribution is -2.40. The molecule has 0 spiro atoms. The van der Waals surface area contributed by atoms with Gasteiger partial charge in [-0.15, -0.1) is 6.58 Å². The highest BCUT2D eigenvalue weighted by atomic mass is 79.9. The molecule has 2 aromatic rings. The molecule has 0 fully saturated rings. The zero-order valence-electron chi connectivity index (χ0n) is 12.6. The van der Waals surface area contributed by atoms with Crippen LogP contribution >= 0.6 is 15.9 Å². The lowest BCUT2D eigenvalue weighted by molar-refractivity contribution is -0.122. The van der Waals surface area contributed by atoms with E-state index in [1.54, 1.807) is 4.90 Å². The number of benzene rings is 2. The molecule has 0 aromatic heterocycles. The van der Waals surface area contributed by atoms with Crippen molar-refractivity contribution in [2.45, 2.75) is 18.3 Å². The van der Waals surface area contributed by atoms with Crippen LogP contribution in [-0.4, -0.2) is 13.0 Å². The Morgan fingerprint density at radius 2 is 1.95 bits per heavy atom. The summed E-state index contributed by atoms with van der Waals surface area (Å²) >= 11 is 3.54. The van der Waals surface area contributed by atoms with Crippen LogP contribution in [0.5, 0.6) is 0 Å². The molecule has 2 aromatic carbocycles. The maximum absolute atomic E-state index is 13.1. The monoisotopic (exact) mass is 355 g/mol. The van der Waals surface area contributed by atoms with Gasteiger partial charge in [-0.3, -0.25) is 4.79 Å². The van der Waals surface area contributed by atoms with E-state index in [2.05, 4.69) is 40.7 Å². The van der Waals surface area contributed by atoms with Crippen molar-refractivity contribution in [1.82, 2.24) is 0 Å². The van der Waals surface area contributed by atoms with E-state index in [0.29, 0.717) is 12.8 Å². The Morgan fingerprint density at radius 1 is 1.23 bits per heavy atom. The van der Waals surface area contributed by atoms with Gasteiger partial charge in [0.15, 0.2) is 0 Å². The number of likely N-dealkylation sites (N-methyl/N-ethyl adjacent to an activating group) is 1. The van der Waals surface area contributed by atoms with E-state index >= 15 is 0 Å². The van der Waals surface area contributed by atoms with Gasteiger partial charge in [-0.05, 0) is 42.2 Å². The van der Waals surface area contributed by atoms with E-state index in [1.165, 1.54) is 5.56 Å². The molecule has 0 radical (unpaired) electrons. The quantitative estimate of drug-likeness (QED) is 0.740. The summed E-state index contributed by atoms with van der Waals surface area (Å²) in [5, 5.41) is 0. The third kappa shape index (κ3) is 2.30. The molecule has 112 valence electrons. The first-order valence-corrected chi connectivity index (χ1v) is 8.11. The maximum Gasteiger partial charge on any atom is 0.238 e. The van der Waals surface area contributed by atoms with Crippen molar-refractivity contribution in [2.24, 2.45) is 0 Å². The number of halogens is 1. The lowest BCUT2D eigenvalue weighted by atomic mass is 9.74. The van der Waals surface area contributed by atoms with E-state index in [9.17, 15) is 4.79 Å². The number of carbonyl (C=O) groups excluding carboxylic acids is 1. The van der Waals surface area contributed by atoms with Crippen LogP contribution in [0.25, 0.3) is 0 Å². The fourth-order valence-corrected chi connectivity index (χ4v) is 3.72. The normalized spacial score (nSPS) is 20.1. The molecule has 22 heavy (non-hydrogen) atoms. The number of hydrogen-bond donors (Lipinski definition) is 0. The van der Waals surface area contributed by atoms with Crippen LogP contribution in [0.3, 0.4) is 0 Å². The summed E-state index contributed by atoms with van der Waals surface area (Å²) in [6, 6.07) is 16.2. The second kappa shape index (κ2) is 5.73. The largest absolute Gasteiger partial charge is 0.314 e. The van der Waals surface area contributed by atoms with Gasteiger partial charge in [0.2, 0.25) is 5.91 Å². The number of rotatable bonds is 4. The number of anilines is 1. The predicted molar refractivity (Wildman–Crippen MR) is 94.2 cm³/mol. The first kappa shape index (κ1) is 15.0. The van der Waals surface area contributed by atoms with Crippen LogP contribution in [0, 0.1) is 0 Å². The molecule has 1 aliphatic rings. The van der Waals surface area contributed by atoms with E-state index in [0.717, 1.165) is 15.7 Å². The van der Waals surface area contributed by atoms with Gasteiger partial charge < -0.3 is 4.90 Å². The van der Waals surface area contributed by atoms with Gasteiger partial charge in [-0.2, -0.15) is 0 Å². The number of carbonyl (C=O) groups is 1. The van der Waals surface area contributed by atoms with E-state index in [-0.39, 0.29) is 5.91 Å². The SMILES string of the molecule is C=CCC1(Cc2ccccc2)C(=O)N(C)c2ccc(Br)cc21. The second-order valence-corrected chi connectivity index (χ2v) is 6.68. The van der Waals surface area contributed by atoms with Crippen molar-refractivity contribution < 1.29 is 4.79 Å². The standard InChI is InChI=1S/C19H18BrNO/c1-3-11-19(13-14-7-5-4-6-8-14)16-12-15(20)9-10-17(16)21(2)18(19)22/h3-10,12H,1,11,13H2,2H3. The van der Waals surface area contributed by atoms with Crippen LogP contribution in [-0.2, 0) is 16.6 Å². The Balaban J connectivity index is 2.16. The van der Waals surface area contributed by atoms with Crippen LogP contribution in [0.4, 0.5) is 5.69 Å². The van der Waals surface area contributed by atoms with Crippen molar-refractivity contribution in [2.75, 3.05) is 11.9 Å². The molecule has 1 atom stereocenters. The Kier molecular flexibility index (Phi) is 3.92. The summed E-state index contributed by atoms with van der Waals surface area (Å²) in [5.41, 5.74) is 2.68. The number of amides is 1. The molecule has 0 saturated heterocycles. The minimum atomic E-state index is -0.559. The molecule has 1 heterocycles. The molecule has 0 saturated carbocycles. The number of allylic oxidation sites excluding steroid dienone is 1. The van der Waals surface area contributed by atoms with Gasteiger partial charge in [0, 0.05) is 17.2 Å². The third-order valence-corrected chi connectivity index (χ3v) is 4.88. The zero-order chi connectivity index (χ0) is 15.7. The average molecular weight is 356 g/mol. The topological polar surface area (TPSA) is 20.3 Å². The molecule has 1 amide bonds. The summed E-state index contributed by atoms with van der Waals surface area (Å²) < 4.78 is 0.996. The van der Waals surface area contributed by atoms with Gasteiger partial charge in [-0.25, -0.2) is 0 Å². The highest BCUT2D eigenvalue weighted by Gasteiger charge is 2.48. The molecule has 3 heteroatoms.